The van der Waals surface area contributed by atoms with Crippen molar-refractivity contribution in [3.8, 4) is 0 Å². The number of carbonyl (C=O) groups excluding carboxylic acids is 1. The van der Waals surface area contributed by atoms with E-state index in [0.717, 1.165) is 31.3 Å². The van der Waals surface area contributed by atoms with Gasteiger partial charge < -0.3 is 5.32 Å². The summed E-state index contributed by atoms with van der Waals surface area (Å²) in [5.41, 5.74) is 0.0803. The lowest BCUT2D eigenvalue weighted by molar-refractivity contribution is -0.137. The van der Waals surface area contributed by atoms with Crippen molar-refractivity contribution in [2.45, 2.75) is 12.7 Å². The first kappa shape index (κ1) is 20.6. The minimum absolute atomic E-state index is 0.0667. The van der Waals surface area contributed by atoms with Crippen LogP contribution < -0.4 is 5.32 Å². The second-order valence-electron chi connectivity index (χ2n) is 6.77. The molecule has 1 heterocycles. The maximum atomic E-state index is 13.0. The van der Waals surface area contributed by atoms with Gasteiger partial charge in [0, 0.05) is 37.7 Å². The standard InChI is InChI=1S/C20H21ClF3N3O/c21-16-5-3-4-15(12-16)13-26-8-10-27(11-9-26)14-19(28)25-18-7-2-1-6-17(18)20(22,23)24/h1-7,12H,8-11,13-14H2,(H,25,28). The SMILES string of the molecule is O=C(CN1CCN(Cc2cccc(Cl)c2)CC1)Nc1ccccc1C(F)(F)F. The van der Waals surface area contributed by atoms with Crippen LogP contribution in [0.3, 0.4) is 0 Å². The highest BCUT2D eigenvalue weighted by Crippen LogP contribution is 2.34. The Balaban J connectivity index is 1.49. The number of carbonyl (C=O) groups is 1. The molecule has 1 saturated heterocycles. The minimum Gasteiger partial charge on any atom is -0.324 e. The van der Waals surface area contributed by atoms with Gasteiger partial charge in [-0.1, -0.05) is 35.9 Å². The Labute approximate surface area is 166 Å². The molecule has 2 aromatic rings. The molecular formula is C20H21ClF3N3O. The maximum Gasteiger partial charge on any atom is 0.418 e. The van der Waals surface area contributed by atoms with E-state index in [1.165, 1.54) is 18.2 Å². The number of amides is 1. The van der Waals surface area contributed by atoms with Gasteiger partial charge in [-0.2, -0.15) is 13.2 Å². The van der Waals surface area contributed by atoms with Gasteiger partial charge in [0.25, 0.3) is 0 Å². The number of anilines is 1. The molecule has 0 atom stereocenters. The summed E-state index contributed by atoms with van der Waals surface area (Å²) in [5, 5.41) is 3.09. The number of nitrogens with zero attached hydrogens (tertiary/aromatic N) is 2. The largest absolute Gasteiger partial charge is 0.418 e. The van der Waals surface area contributed by atoms with Crippen LogP contribution in [0.2, 0.25) is 5.02 Å². The average molecular weight is 412 g/mol. The Morgan fingerprint density at radius 3 is 2.36 bits per heavy atom. The first-order valence-corrected chi connectivity index (χ1v) is 9.34. The topological polar surface area (TPSA) is 35.6 Å². The van der Waals surface area contributed by atoms with E-state index in [2.05, 4.69) is 10.2 Å². The molecule has 1 aliphatic rings. The van der Waals surface area contributed by atoms with E-state index in [1.807, 2.05) is 29.2 Å². The number of rotatable bonds is 5. The van der Waals surface area contributed by atoms with Crippen molar-refractivity contribution in [2.24, 2.45) is 0 Å². The van der Waals surface area contributed by atoms with Gasteiger partial charge in [-0.25, -0.2) is 0 Å². The molecule has 3 rings (SSSR count). The molecule has 1 N–H and O–H groups in total. The molecule has 0 aromatic heterocycles. The maximum absolute atomic E-state index is 13.0. The summed E-state index contributed by atoms with van der Waals surface area (Å²) < 4.78 is 39.1. The third-order valence-corrected chi connectivity index (χ3v) is 4.87. The van der Waals surface area contributed by atoms with E-state index in [9.17, 15) is 18.0 Å². The summed E-state index contributed by atoms with van der Waals surface area (Å²) in [6.45, 7) is 3.75. The van der Waals surface area contributed by atoms with E-state index in [4.69, 9.17) is 11.6 Å². The molecule has 0 saturated carbocycles. The number of nitrogens with one attached hydrogen (secondary N) is 1. The van der Waals surface area contributed by atoms with Crippen LogP contribution in [0.1, 0.15) is 11.1 Å². The number of piperazine rings is 1. The van der Waals surface area contributed by atoms with Crippen molar-refractivity contribution < 1.29 is 18.0 Å². The molecule has 8 heteroatoms. The first-order valence-electron chi connectivity index (χ1n) is 8.96. The summed E-state index contributed by atoms with van der Waals surface area (Å²) in [6, 6.07) is 12.7. The van der Waals surface area contributed by atoms with Crippen molar-refractivity contribution in [1.29, 1.82) is 0 Å². The van der Waals surface area contributed by atoms with Crippen LogP contribution in [0.4, 0.5) is 18.9 Å². The number of benzene rings is 2. The molecule has 0 unspecified atom stereocenters. The van der Waals surface area contributed by atoms with Crippen molar-refractivity contribution in [2.75, 3.05) is 38.0 Å². The lowest BCUT2D eigenvalue weighted by atomic mass is 10.1. The molecular weight excluding hydrogens is 391 g/mol. The molecule has 0 spiro atoms. The van der Waals surface area contributed by atoms with Crippen molar-refractivity contribution in [3.63, 3.8) is 0 Å². The van der Waals surface area contributed by atoms with Crippen molar-refractivity contribution in [3.05, 3.63) is 64.7 Å². The number of halogens is 4. The predicted octanol–water partition coefficient (Wildman–Crippen LogP) is 4.12. The van der Waals surface area contributed by atoms with Gasteiger partial charge >= 0.3 is 6.18 Å². The van der Waals surface area contributed by atoms with Crippen LogP contribution in [0.5, 0.6) is 0 Å². The zero-order valence-electron chi connectivity index (χ0n) is 15.2. The minimum atomic E-state index is -4.50. The van der Waals surface area contributed by atoms with Crippen molar-refractivity contribution in [1.82, 2.24) is 9.80 Å². The first-order chi connectivity index (χ1) is 13.3. The molecule has 1 aliphatic heterocycles. The molecule has 2 aromatic carbocycles. The van der Waals surface area contributed by atoms with Crippen LogP contribution in [-0.2, 0) is 17.5 Å². The molecule has 1 fully saturated rings. The van der Waals surface area contributed by atoms with Gasteiger partial charge in [0.1, 0.15) is 0 Å². The normalized spacial score (nSPS) is 16.1. The summed E-state index contributed by atoms with van der Waals surface area (Å²) in [7, 11) is 0. The fourth-order valence-corrected chi connectivity index (χ4v) is 3.44. The molecule has 0 radical (unpaired) electrons. The molecule has 4 nitrogen and oxygen atoms in total. The second-order valence-corrected chi connectivity index (χ2v) is 7.21. The van der Waals surface area contributed by atoms with E-state index >= 15 is 0 Å². The van der Waals surface area contributed by atoms with E-state index < -0.39 is 17.6 Å². The van der Waals surface area contributed by atoms with Crippen LogP contribution >= 0.6 is 11.6 Å². The highest BCUT2D eigenvalue weighted by Gasteiger charge is 2.33. The van der Waals surface area contributed by atoms with E-state index in [-0.39, 0.29) is 12.2 Å². The smallest absolute Gasteiger partial charge is 0.324 e. The summed E-state index contributed by atoms with van der Waals surface area (Å²) in [5.74, 6) is -0.444. The van der Waals surface area contributed by atoms with Crippen LogP contribution in [-0.4, -0.2) is 48.4 Å². The van der Waals surface area contributed by atoms with Gasteiger partial charge in [0.05, 0.1) is 17.8 Å². The lowest BCUT2D eigenvalue weighted by Gasteiger charge is -2.34. The Kier molecular flexibility index (Phi) is 6.59. The Bertz CT molecular complexity index is 820. The van der Waals surface area contributed by atoms with Gasteiger partial charge in [0.15, 0.2) is 0 Å². The number of hydrogen-bond donors (Lipinski definition) is 1. The fraction of sp³-hybridized carbons (Fsp3) is 0.350. The van der Waals surface area contributed by atoms with Gasteiger partial charge in [-0.05, 0) is 29.8 Å². The van der Waals surface area contributed by atoms with Crippen LogP contribution in [0, 0.1) is 0 Å². The second kappa shape index (κ2) is 8.94. The summed E-state index contributed by atoms with van der Waals surface area (Å²) in [6.07, 6.45) is -4.50. The van der Waals surface area contributed by atoms with E-state index in [1.54, 1.807) is 0 Å². The number of alkyl halides is 3. The zero-order valence-corrected chi connectivity index (χ0v) is 15.9. The zero-order chi connectivity index (χ0) is 20.1. The highest BCUT2D eigenvalue weighted by molar-refractivity contribution is 6.30. The summed E-state index contributed by atoms with van der Waals surface area (Å²) >= 11 is 6.01. The quantitative estimate of drug-likeness (QED) is 0.804. The third-order valence-electron chi connectivity index (χ3n) is 4.63. The molecule has 28 heavy (non-hydrogen) atoms. The molecule has 1 amide bonds. The Morgan fingerprint density at radius 1 is 1.00 bits per heavy atom. The number of hydrogen-bond acceptors (Lipinski definition) is 3. The average Bonchev–Trinajstić information content (AvgIpc) is 2.63. The molecule has 150 valence electrons. The lowest BCUT2D eigenvalue weighted by Crippen LogP contribution is -2.48. The molecule has 0 aliphatic carbocycles. The third kappa shape index (κ3) is 5.70. The molecule has 0 bridgehead atoms. The van der Waals surface area contributed by atoms with E-state index in [0.29, 0.717) is 18.1 Å². The van der Waals surface area contributed by atoms with Gasteiger partial charge in [-0.15, -0.1) is 0 Å². The van der Waals surface area contributed by atoms with Crippen LogP contribution in [0.15, 0.2) is 48.5 Å². The predicted molar refractivity (Wildman–Crippen MR) is 103 cm³/mol. The van der Waals surface area contributed by atoms with Crippen LogP contribution in [0.25, 0.3) is 0 Å². The highest BCUT2D eigenvalue weighted by atomic mass is 35.5. The van der Waals surface area contributed by atoms with Gasteiger partial charge in [-0.3, -0.25) is 14.6 Å². The Hall–Kier alpha value is -2.09. The van der Waals surface area contributed by atoms with Gasteiger partial charge in [0.2, 0.25) is 5.91 Å². The summed E-state index contributed by atoms with van der Waals surface area (Å²) in [4.78, 5) is 16.4. The fourth-order valence-electron chi connectivity index (χ4n) is 3.23. The Morgan fingerprint density at radius 2 is 1.68 bits per heavy atom. The monoisotopic (exact) mass is 411 g/mol. The number of para-hydroxylation sites is 1. The van der Waals surface area contributed by atoms with Crippen molar-refractivity contribution >= 4 is 23.2 Å².